The molecule has 6 heteroatoms. The number of nitrogens with two attached hydrogens (primary N) is 1. The van der Waals surface area contributed by atoms with Crippen LogP contribution in [0.5, 0.6) is 0 Å². The van der Waals surface area contributed by atoms with Crippen LogP contribution in [-0.4, -0.2) is 27.6 Å². The number of hydrogen-bond donors (Lipinski definition) is 2. The third kappa shape index (κ3) is 2.48. The maximum atomic E-state index is 11.0. The highest BCUT2D eigenvalue weighted by atomic mass is 32.1. The summed E-state index contributed by atoms with van der Waals surface area (Å²) in [7, 11) is 0. The zero-order valence-corrected chi connectivity index (χ0v) is 9.78. The standard InChI is InChI=1S/C11H11N3O2S/c12-4-1-8-9(11(15)16)14-10(17-8)7-2-5-13-6-3-7/h2-3,5-6H,1,4,12H2,(H,15,16). The number of nitrogens with zero attached hydrogens (tertiary/aromatic N) is 2. The summed E-state index contributed by atoms with van der Waals surface area (Å²) in [4.78, 5) is 19.8. The minimum absolute atomic E-state index is 0.104. The fourth-order valence-electron chi connectivity index (χ4n) is 1.44. The maximum Gasteiger partial charge on any atom is 0.355 e. The quantitative estimate of drug-likeness (QED) is 0.855. The van der Waals surface area contributed by atoms with Crippen LogP contribution in [0, 0.1) is 0 Å². The zero-order valence-electron chi connectivity index (χ0n) is 8.96. The molecule has 3 N–H and O–H groups in total. The monoisotopic (exact) mass is 249 g/mol. The van der Waals surface area contributed by atoms with Gasteiger partial charge < -0.3 is 10.8 Å². The lowest BCUT2D eigenvalue weighted by atomic mass is 10.2. The first-order valence-electron chi connectivity index (χ1n) is 5.06. The highest BCUT2D eigenvalue weighted by Crippen LogP contribution is 2.27. The summed E-state index contributed by atoms with van der Waals surface area (Å²) in [6, 6.07) is 3.60. The molecule has 2 aromatic rings. The van der Waals surface area contributed by atoms with Gasteiger partial charge in [0.2, 0.25) is 0 Å². The molecule has 0 aliphatic carbocycles. The van der Waals surface area contributed by atoms with Crippen molar-refractivity contribution < 1.29 is 9.90 Å². The normalized spacial score (nSPS) is 10.4. The molecule has 2 rings (SSSR count). The Hall–Kier alpha value is -1.79. The van der Waals surface area contributed by atoms with E-state index in [1.54, 1.807) is 24.5 Å². The van der Waals surface area contributed by atoms with E-state index in [0.29, 0.717) is 22.9 Å². The van der Waals surface area contributed by atoms with Crippen LogP contribution in [0.25, 0.3) is 10.6 Å². The van der Waals surface area contributed by atoms with E-state index in [9.17, 15) is 4.79 Å². The van der Waals surface area contributed by atoms with E-state index in [-0.39, 0.29) is 5.69 Å². The second-order valence-electron chi connectivity index (χ2n) is 3.37. The molecule has 0 unspecified atom stereocenters. The average Bonchev–Trinajstić information content (AvgIpc) is 2.75. The molecule has 0 bridgehead atoms. The van der Waals surface area contributed by atoms with Gasteiger partial charge in [0.05, 0.1) is 0 Å². The Bertz CT molecular complexity index is 525. The molecule has 0 amide bonds. The van der Waals surface area contributed by atoms with Crippen LogP contribution in [0.1, 0.15) is 15.4 Å². The third-order valence-corrected chi connectivity index (χ3v) is 3.36. The van der Waals surface area contributed by atoms with E-state index in [1.807, 2.05) is 0 Å². The van der Waals surface area contributed by atoms with Crippen molar-refractivity contribution in [2.24, 2.45) is 5.73 Å². The number of rotatable bonds is 4. The van der Waals surface area contributed by atoms with Crippen LogP contribution in [0.15, 0.2) is 24.5 Å². The molecule has 0 aliphatic heterocycles. The van der Waals surface area contributed by atoms with E-state index >= 15 is 0 Å². The molecule has 5 nitrogen and oxygen atoms in total. The Morgan fingerprint density at radius 3 is 2.71 bits per heavy atom. The molecule has 0 saturated heterocycles. The highest BCUT2D eigenvalue weighted by molar-refractivity contribution is 7.15. The number of carboxylic acids is 1. The Morgan fingerprint density at radius 2 is 2.12 bits per heavy atom. The molecule has 2 heterocycles. The Kier molecular flexibility index (Phi) is 3.46. The van der Waals surface area contributed by atoms with E-state index in [0.717, 1.165) is 5.56 Å². The van der Waals surface area contributed by atoms with Gasteiger partial charge in [0.1, 0.15) is 5.01 Å². The lowest BCUT2D eigenvalue weighted by Crippen LogP contribution is -2.06. The number of hydrogen-bond acceptors (Lipinski definition) is 5. The maximum absolute atomic E-state index is 11.0. The van der Waals surface area contributed by atoms with Gasteiger partial charge in [0.15, 0.2) is 5.69 Å². The van der Waals surface area contributed by atoms with Gasteiger partial charge in [-0.1, -0.05) is 0 Å². The van der Waals surface area contributed by atoms with Crippen LogP contribution in [0.2, 0.25) is 0 Å². The van der Waals surface area contributed by atoms with Gasteiger partial charge in [0, 0.05) is 22.8 Å². The molecule has 0 spiro atoms. The molecule has 88 valence electrons. The van der Waals surface area contributed by atoms with Crippen LogP contribution in [0.3, 0.4) is 0 Å². The zero-order chi connectivity index (χ0) is 12.3. The first-order chi connectivity index (χ1) is 8.22. The number of thiazole rings is 1. The van der Waals surface area contributed by atoms with Gasteiger partial charge in [-0.15, -0.1) is 11.3 Å². The Balaban J connectivity index is 2.44. The molecule has 0 fully saturated rings. The van der Waals surface area contributed by atoms with E-state index in [1.165, 1.54) is 11.3 Å². The average molecular weight is 249 g/mol. The van der Waals surface area contributed by atoms with Crippen LogP contribution < -0.4 is 5.73 Å². The molecule has 0 atom stereocenters. The van der Waals surface area contributed by atoms with Crippen molar-refractivity contribution in [3.63, 3.8) is 0 Å². The second-order valence-corrected chi connectivity index (χ2v) is 4.45. The van der Waals surface area contributed by atoms with Crippen molar-refractivity contribution in [1.82, 2.24) is 9.97 Å². The highest BCUT2D eigenvalue weighted by Gasteiger charge is 2.17. The van der Waals surface area contributed by atoms with Crippen LogP contribution in [-0.2, 0) is 6.42 Å². The minimum atomic E-state index is -1.01. The Labute approximate surface area is 102 Å². The van der Waals surface area contributed by atoms with Gasteiger partial charge in [0.25, 0.3) is 0 Å². The van der Waals surface area contributed by atoms with Crippen molar-refractivity contribution in [3.05, 3.63) is 35.1 Å². The summed E-state index contributed by atoms with van der Waals surface area (Å²) in [5.41, 5.74) is 6.43. The second kappa shape index (κ2) is 5.03. The number of pyridine rings is 1. The van der Waals surface area contributed by atoms with Crippen LogP contribution >= 0.6 is 11.3 Å². The molecular formula is C11H11N3O2S. The molecule has 0 radical (unpaired) electrons. The van der Waals surface area contributed by atoms with E-state index < -0.39 is 5.97 Å². The van der Waals surface area contributed by atoms with Gasteiger partial charge in [-0.3, -0.25) is 4.98 Å². The van der Waals surface area contributed by atoms with Crippen molar-refractivity contribution >= 4 is 17.3 Å². The fraction of sp³-hybridized carbons (Fsp3) is 0.182. The summed E-state index contributed by atoms with van der Waals surface area (Å²) in [6.45, 7) is 0.415. The summed E-state index contributed by atoms with van der Waals surface area (Å²) < 4.78 is 0. The first-order valence-corrected chi connectivity index (χ1v) is 5.87. The summed E-state index contributed by atoms with van der Waals surface area (Å²) >= 11 is 1.37. The topological polar surface area (TPSA) is 89.1 Å². The lowest BCUT2D eigenvalue weighted by molar-refractivity contribution is 0.0690. The SMILES string of the molecule is NCCc1sc(-c2ccncc2)nc1C(=O)O. The molecule has 0 aliphatic rings. The van der Waals surface area contributed by atoms with Crippen LogP contribution in [0.4, 0.5) is 0 Å². The van der Waals surface area contributed by atoms with Gasteiger partial charge in [-0.25, -0.2) is 9.78 Å². The lowest BCUT2D eigenvalue weighted by Gasteiger charge is -1.93. The predicted octanol–water partition coefficient (Wildman–Crippen LogP) is 1.40. The van der Waals surface area contributed by atoms with Crippen molar-refractivity contribution in [1.29, 1.82) is 0 Å². The first kappa shape index (κ1) is 11.7. The number of carbonyl (C=O) groups is 1. The molecule has 17 heavy (non-hydrogen) atoms. The molecule has 2 aromatic heterocycles. The number of aromatic carboxylic acids is 1. The van der Waals surface area contributed by atoms with Crippen molar-refractivity contribution in [2.75, 3.05) is 6.54 Å². The van der Waals surface area contributed by atoms with Crippen molar-refractivity contribution in [2.45, 2.75) is 6.42 Å². The summed E-state index contributed by atoms with van der Waals surface area (Å²) in [5, 5.41) is 9.73. The Morgan fingerprint density at radius 1 is 1.41 bits per heavy atom. The third-order valence-electron chi connectivity index (χ3n) is 2.20. The minimum Gasteiger partial charge on any atom is -0.476 e. The molecular weight excluding hydrogens is 238 g/mol. The van der Waals surface area contributed by atoms with Gasteiger partial charge >= 0.3 is 5.97 Å². The van der Waals surface area contributed by atoms with Gasteiger partial charge in [-0.2, -0.15) is 0 Å². The predicted molar refractivity (Wildman–Crippen MR) is 65.1 cm³/mol. The van der Waals surface area contributed by atoms with Gasteiger partial charge in [-0.05, 0) is 25.1 Å². The largest absolute Gasteiger partial charge is 0.476 e. The fourth-order valence-corrected chi connectivity index (χ4v) is 2.51. The summed E-state index contributed by atoms with van der Waals surface area (Å²) in [5.74, 6) is -1.01. The molecule has 0 aromatic carbocycles. The number of carboxylic acid groups (broad SMARTS) is 1. The number of aromatic nitrogens is 2. The summed E-state index contributed by atoms with van der Waals surface area (Å²) in [6.07, 6.45) is 3.84. The van der Waals surface area contributed by atoms with E-state index in [4.69, 9.17) is 10.8 Å². The van der Waals surface area contributed by atoms with Crippen molar-refractivity contribution in [3.8, 4) is 10.6 Å². The van der Waals surface area contributed by atoms with E-state index in [2.05, 4.69) is 9.97 Å². The molecule has 0 saturated carbocycles. The smallest absolute Gasteiger partial charge is 0.355 e.